The summed E-state index contributed by atoms with van der Waals surface area (Å²) in [4.78, 5) is 0. The van der Waals surface area contributed by atoms with Gasteiger partial charge in [0, 0.05) is 0 Å². The zero-order chi connectivity index (χ0) is 9.97. The molecule has 0 unspecified atom stereocenters. The molecule has 0 aliphatic carbocycles. The van der Waals surface area contributed by atoms with Crippen LogP contribution in [0.25, 0.3) is 0 Å². The number of benzene rings is 1. The maximum Gasteiger partial charge on any atom is 0.0798 e. The van der Waals surface area contributed by atoms with Gasteiger partial charge in [-0.25, -0.2) is 0 Å². The quantitative estimate of drug-likeness (QED) is 0.632. The van der Waals surface area contributed by atoms with E-state index in [2.05, 4.69) is 15.5 Å². The molecular weight excluding hydrogens is 176 g/mol. The number of nitrogens with two attached hydrogens (primary N) is 1. The number of aromatic amines is 1. The molecule has 0 radical (unpaired) electrons. The van der Waals surface area contributed by atoms with Crippen molar-refractivity contribution in [2.75, 3.05) is 11.1 Å². The number of anilines is 3. The van der Waals surface area contributed by atoms with Crippen LogP contribution < -0.4 is 11.1 Å². The molecule has 0 aliphatic rings. The van der Waals surface area contributed by atoms with Gasteiger partial charge in [0.1, 0.15) is 0 Å². The molecule has 1 aromatic carbocycles. The topological polar surface area (TPSA) is 66.7 Å². The van der Waals surface area contributed by atoms with E-state index in [4.69, 9.17) is 5.73 Å². The van der Waals surface area contributed by atoms with E-state index < -0.39 is 0 Å². The number of para-hydroxylation sites is 2. The number of nitrogens with zero attached hydrogens (tertiary/aromatic N) is 1. The smallest absolute Gasteiger partial charge is 0.0798 e. The van der Waals surface area contributed by atoms with E-state index in [0.717, 1.165) is 22.8 Å². The molecule has 1 heterocycles. The van der Waals surface area contributed by atoms with Crippen LogP contribution in [0.4, 0.5) is 17.1 Å². The van der Waals surface area contributed by atoms with Crippen molar-refractivity contribution < 1.29 is 0 Å². The molecule has 4 heteroatoms. The third kappa shape index (κ3) is 1.54. The molecule has 0 atom stereocenters. The number of nitrogens with one attached hydrogen (secondary N) is 2. The van der Waals surface area contributed by atoms with Gasteiger partial charge < -0.3 is 11.1 Å². The zero-order valence-electron chi connectivity index (χ0n) is 7.91. The van der Waals surface area contributed by atoms with Crippen LogP contribution in [0.3, 0.4) is 0 Å². The highest BCUT2D eigenvalue weighted by molar-refractivity contribution is 5.72. The Balaban J connectivity index is 2.28. The second-order valence-corrected chi connectivity index (χ2v) is 3.12. The first-order chi connectivity index (χ1) is 6.77. The largest absolute Gasteiger partial charge is 0.397 e. The third-order valence-corrected chi connectivity index (χ3v) is 2.06. The van der Waals surface area contributed by atoms with E-state index in [1.807, 2.05) is 31.2 Å². The highest BCUT2D eigenvalue weighted by atomic mass is 15.1. The minimum Gasteiger partial charge on any atom is -0.397 e. The van der Waals surface area contributed by atoms with Crippen molar-refractivity contribution in [3.63, 3.8) is 0 Å². The van der Waals surface area contributed by atoms with Crippen LogP contribution in [-0.4, -0.2) is 10.2 Å². The SMILES string of the molecule is Cc1[nH]ncc1Nc1ccccc1N. The molecule has 2 rings (SSSR count). The monoisotopic (exact) mass is 188 g/mol. The molecule has 1 aromatic heterocycles. The molecule has 0 amide bonds. The summed E-state index contributed by atoms with van der Waals surface area (Å²) in [6.45, 7) is 1.95. The van der Waals surface area contributed by atoms with Crippen molar-refractivity contribution in [3.8, 4) is 0 Å². The number of rotatable bonds is 2. The Kier molecular flexibility index (Phi) is 2.10. The lowest BCUT2D eigenvalue weighted by Gasteiger charge is -2.07. The molecule has 2 aromatic rings. The van der Waals surface area contributed by atoms with Gasteiger partial charge in [-0.2, -0.15) is 5.10 Å². The van der Waals surface area contributed by atoms with Crippen molar-refractivity contribution in [3.05, 3.63) is 36.2 Å². The number of hydrogen-bond acceptors (Lipinski definition) is 3. The Hall–Kier alpha value is -1.97. The van der Waals surface area contributed by atoms with Crippen molar-refractivity contribution >= 4 is 17.1 Å². The summed E-state index contributed by atoms with van der Waals surface area (Å²) in [6, 6.07) is 7.64. The summed E-state index contributed by atoms with van der Waals surface area (Å²) in [5, 5.41) is 9.98. The van der Waals surface area contributed by atoms with Gasteiger partial charge in [0.2, 0.25) is 0 Å². The first kappa shape index (κ1) is 8.62. The lowest BCUT2D eigenvalue weighted by Crippen LogP contribution is -1.95. The molecule has 14 heavy (non-hydrogen) atoms. The maximum atomic E-state index is 5.79. The van der Waals surface area contributed by atoms with E-state index in [0.29, 0.717) is 0 Å². The van der Waals surface area contributed by atoms with Gasteiger partial charge in [-0.3, -0.25) is 5.10 Å². The second-order valence-electron chi connectivity index (χ2n) is 3.12. The summed E-state index contributed by atoms with van der Waals surface area (Å²) < 4.78 is 0. The first-order valence-corrected chi connectivity index (χ1v) is 4.39. The van der Waals surface area contributed by atoms with Crippen LogP contribution in [0.5, 0.6) is 0 Å². The van der Waals surface area contributed by atoms with E-state index in [9.17, 15) is 0 Å². The van der Waals surface area contributed by atoms with E-state index in [1.165, 1.54) is 0 Å². The zero-order valence-corrected chi connectivity index (χ0v) is 7.91. The van der Waals surface area contributed by atoms with Gasteiger partial charge in [-0.1, -0.05) is 12.1 Å². The average Bonchev–Trinajstić information content (AvgIpc) is 2.56. The fourth-order valence-corrected chi connectivity index (χ4v) is 1.23. The predicted octanol–water partition coefficient (Wildman–Crippen LogP) is 2.04. The molecule has 72 valence electrons. The summed E-state index contributed by atoms with van der Waals surface area (Å²) in [5.74, 6) is 0. The van der Waals surface area contributed by atoms with Gasteiger partial charge in [-0.15, -0.1) is 0 Å². The lowest BCUT2D eigenvalue weighted by molar-refractivity contribution is 1.05. The molecule has 0 saturated heterocycles. The summed E-state index contributed by atoms with van der Waals surface area (Å²) in [6.07, 6.45) is 1.74. The van der Waals surface area contributed by atoms with E-state index in [1.54, 1.807) is 6.20 Å². The number of H-pyrrole nitrogens is 1. The fraction of sp³-hybridized carbons (Fsp3) is 0.100. The summed E-state index contributed by atoms with van der Waals surface area (Å²) in [5.41, 5.74) is 9.36. The molecule has 4 nitrogen and oxygen atoms in total. The maximum absolute atomic E-state index is 5.79. The van der Waals surface area contributed by atoms with Crippen LogP contribution in [-0.2, 0) is 0 Å². The van der Waals surface area contributed by atoms with Crippen LogP contribution in [0.15, 0.2) is 30.5 Å². The summed E-state index contributed by atoms with van der Waals surface area (Å²) >= 11 is 0. The van der Waals surface area contributed by atoms with Crippen LogP contribution >= 0.6 is 0 Å². The highest BCUT2D eigenvalue weighted by Gasteiger charge is 2.01. The molecule has 0 spiro atoms. The highest BCUT2D eigenvalue weighted by Crippen LogP contribution is 2.23. The Morgan fingerprint density at radius 1 is 1.29 bits per heavy atom. The number of aromatic nitrogens is 2. The average molecular weight is 188 g/mol. The Morgan fingerprint density at radius 3 is 2.71 bits per heavy atom. The second kappa shape index (κ2) is 3.41. The predicted molar refractivity (Wildman–Crippen MR) is 57.5 cm³/mol. The Bertz CT molecular complexity index is 433. The van der Waals surface area contributed by atoms with Gasteiger partial charge in [0.15, 0.2) is 0 Å². The molecule has 0 bridgehead atoms. The molecular formula is C10H12N4. The Labute approximate surface area is 82.1 Å². The lowest BCUT2D eigenvalue weighted by atomic mass is 10.2. The van der Waals surface area contributed by atoms with Crippen LogP contribution in [0.2, 0.25) is 0 Å². The standard InChI is InChI=1S/C10H12N4/c1-7-10(6-12-14-7)13-9-5-3-2-4-8(9)11/h2-6,13H,11H2,1H3,(H,12,14). The number of nitrogen functional groups attached to an aromatic ring is 1. The van der Waals surface area contributed by atoms with Crippen LogP contribution in [0.1, 0.15) is 5.69 Å². The van der Waals surface area contributed by atoms with E-state index in [-0.39, 0.29) is 0 Å². The minimum atomic E-state index is 0.730. The van der Waals surface area contributed by atoms with Gasteiger partial charge in [-0.05, 0) is 19.1 Å². The molecule has 0 fully saturated rings. The number of hydrogen-bond donors (Lipinski definition) is 3. The number of aryl methyl sites for hydroxylation is 1. The normalized spacial score (nSPS) is 10.1. The van der Waals surface area contributed by atoms with Crippen molar-refractivity contribution in [1.82, 2.24) is 10.2 Å². The first-order valence-electron chi connectivity index (χ1n) is 4.39. The molecule has 0 saturated carbocycles. The fourth-order valence-electron chi connectivity index (χ4n) is 1.23. The van der Waals surface area contributed by atoms with Crippen molar-refractivity contribution in [2.24, 2.45) is 0 Å². The Morgan fingerprint density at radius 2 is 2.07 bits per heavy atom. The van der Waals surface area contributed by atoms with Crippen molar-refractivity contribution in [1.29, 1.82) is 0 Å². The summed E-state index contributed by atoms with van der Waals surface area (Å²) in [7, 11) is 0. The van der Waals surface area contributed by atoms with Crippen molar-refractivity contribution in [2.45, 2.75) is 6.92 Å². The third-order valence-electron chi connectivity index (χ3n) is 2.06. The van der Waals surface area contributed by atoms with Crippen LogP contribution in [0, 0.1) is 6.92 Å². The molecule has 4 N–H and O–H groups in total. The minimum absolute atomic E-state index is 0.730. The van der Waals surface area contributed by atoms with Gasteiger partial charge in [0.05, 0.1) is 29.0 Å². The molecule has 0 aliphatic heterocycles. The van der Waals surface area contributed by atoms with Gasteiger partial charge in [0.25, 0.3) is 0 Å². The van der Waals surface area contributed by atoms with E-state index >= 15 is 0 Å². The van der Waals surface area contributed by atoms with Gasteiger partial charge >= 0.3 is 0 Å².